The van der Waals surface area contributed by atoms with E-state index in [1.807, 2.05) is 0 Å². The average Bonchev–Trinajstić information content (AvgIpc) is 2.27. The third-order valence-corrected chi connectivity index (χ3v) is 8.67. The molecule has 0 aliphatic rings. The Morgan fingerprint density at radius 1 is 0.944 bits per heavy atom. The Kier molecular flexibility index (Phi) is 5.45. The Morgan fingerprint density at radius 2 is 1.39 bits per heavy atom. The molecule has 0 N–H and O–H groups in total. The van der Waals surface area contributed by atoms with Gasteiger partial charge in [0, 0.05) is 0 Å². The van der Waals surface area contributed by atoms with Gasteiger partial charge in [-0.2, -0.15) is 0 Å². The third kappa shape index (κ3) is 4.16. The van der Waals surface area contributed by atoms with Crippen LogP contribution >= 0.6 is 0 Å². The summed E-state index contributed by atoms with van der Waals surface area (Å²) in [6, 6.07) is 11.5. The minimum Gasteiger partial charge on any atom is -0.497 e. The van der Waals surface area contributed by atoms with Crippen LogP contribution in [0, 0.1) is 11.8 Å². The number of hydrogen-bond acceptors (Lipinski definition) is 1. The van der Waals surface area contributed by atoms with Crippen LogP contribution < -0.4 is 9.92 Å². The van der Waals surface area contributed by atoms with E-state index in [1.165, 1.54) is 12.1 Å². The smallest absolute Gasteiger partial charge is 0.118 e. The van der Waals surface area contributed by atoms with Crippen molar-refractivity contribution in [3.05, 3.63) is 24.3 Å². The molecule has 0 spiro atoms. The normalized spacial score (nSPS) is 12.2. The molecular weight excluding hydrogens is 236 g/mol. The van der Waals surface area contributed by atoms with Crippen molar-refractivity contribution in [2.45, 2.75) is 46.3 Å². The lowest BCUT2D eigenvalue weighted by Crippen LogP contribution is -2.46. The summed E-state index contributed by atoms with van der Waals surface area (Å²) in [6.45, 7) is 11.9. The first-order chi connectivity index (χ1) is 8.37. The molecule has 102 valence electrons. The molecule has 1 rings (SSSR count). The van der Waals surface area contributed by atoms with Crippen molar-refractivity contribution in [2.75, 3.05) is 7.11 Å². The minimum atomic E-state index is -1.34. The van der Waals surface area contributed by atoms with Gasteiger partial charge in [0.15, 0.2) is 0 Å². The molecular formula is C16H28OSi. The maximum absolute atomic E-state index is 5.26. The van der Waals surface area contributed by atoms with E-state index in [9.17, 15) is 0 Å². The Hall–Kier alpha value is -0.763. The maximum atomic E-state index is 5.26. The molecule has 0 atom stereocenters. The molecule has 0 radical (unpaired) electrons. The fourth-order valence-corrected chi connectivity index (χ4v) is 8.33. The van der Waals surface area contributed by atoms with Gasteiger partial charge in [-0.1, -0.05) is 63.6 Å². The fraction of sp³-hybridized carbons (Fsp3) is 0.625. The molecule has 0 fully saturated rings. The summed E-state index contributed by atoms with van der Waals surface area (Å²) in [5.41, 5.74) is 0. The summed E-state index contributed by atoms with van der Waals surface area (Å²) in [7, 11) is 0.387. The number of benzene rings is 1. The number of ether oxygens (including phenoxy) is 1. The van der Waals surface area contributed by atoms with Crippen LogP contribution in [-0.2, 0) is 0 Å². The summed E-state index contributed by atoms with van der Waals surface area (Å²) >= 11 is 0. The predicted octanol–water partition coefficient (Wildman–Crippen LogP) is 4.29. The second-order valence-electron chi connectivity index (χ2n) is 6.49. The summed E-state index contributed by atoms with van der Waals surface area (Å²) < 4.78 is 5.26. The quantitative estimate of drug-likeness (QED) is 0.696. The van der Waals surface area contributed by atoms with Crippen molar-refractivity contribution in [3.8, 4) is 5.75 Å². The van der Waals surface area contributed by atoms with Crippen LogP contribution in [0.15, 0.2) is 24.3 Å². The Labute approximate surface area is 114 Å². The lowest BCUT2D eigenvalue weighted by molar-refractivity contribution is 0.415. The highest BCUT2D eigenvalue weighted by Gasteiger charge is 2.31. The molecule has 0 saturated carbocycles. The van der Waals surface area contributed by atoms with Gasteiger partial charge in [-0.05, 0) is 24.0 Å². The van der Waals surface area contributed by atoms with E-state index in [0.717, 1.165) is 17.6 Å². The summed E-state index contributed by atoms with van der Waals surface area (Å²) in [5.74, 6) is 2.52. The zero-order valence-corrected chi connectivity index (χ0v) is 13.8. The van der Waals surface area contributed by atoms with Gasteiger partial charge < -0.3 is 4.74 Å². The predicted molar refractivity (Wildman–Crippen MR) is 83.5 cm³/mol. The molecule has 0 saturated heterocycles. The molecule has 18 heavy (non-hydrogen) atoms. The Morgan fingerprint density at radius 3 is 1.72 bits per heavy atom. The molecule has 0 bridgehead atoms. The van der Waals surface area contributed by atoms with Gasteiger partial charge in [0.1, 0.15) is 5.75 Å². The number of methoxy groups -OCH3 is 1. The van der Waals surface area contributed by atoms with Gasteiger partial charge in [-0.25, -0.2) is 0 Å². The molecule has 0 unspecified atom stereocenters. The zero-order chi connectivity index (χ0) is 13.8. The van der Waals surface area contributed by atoms with E-state index < -0.39 is 8.07 Å². The monoisotopic (exact) mass is 264 g/mol. The standard InChI is InChI=1S/C16H28OSi/c1-13(2)11-18(6,12-14(3)4)16-9-7-15(17-5)8-10-16/h7-10,13-14H,11-12H2,1-6H3. The average molecular weight is 264 g/mol. The summed E-state index contributed by atoms with van der Waals surface area (Å²) in [6.07, 6.45) is 0. The van der Waals surface area contributed by atoms with Gasteiger partial charge in [0.2, 0.25) is 0 Å². The second-order valence-corrected chi connectivity index (χ2v) is 11.0. The van der Waals surface area contributed by atoms with E-state index in [-0.39, 0.29) is 0 Å². The van der Waals surface area contributed by atoms with Gasteiger partial charge in [0.25, 0.3) is 0 Å². The fourth-order valence-electron chi connectivity index (χ4n) is 3.11. The van der Waals surface area contributed by atoms with Crippen LogP contribution in [0.3, 0.4) is 0 Å². The van der Waals surface area contributed by atoms with Crippen molar-refractivity contribution in [2.24, 2.45) is 11.8 Å². The first kappa shape index (κ1) is 15.3. The molecule has 1 aromatic rings. The Balaban J connectivity index is 3.00. The van der Waals surface area contributed by atoms with E-state index in [1.54, 1.807) is 12.3 Å². The molecule has 2 heteroatoms. The lowest BCUT2D eigenvalue weighted by atomic mass is 10.3. The SMILES string of the molecule is COc1ccc([Si](C)(CC(C)C)CC(C)C)cc1. The third-order valence-electron chi connectivity index (χ3n) is 3.50. The van der Waals surface area contributed by atoms with Gasteiger partial charge in [-0.15, -0.1) is 0 Å². The van der Waals surface area contributed by atoms with Crippen LogP contribution in [0.1, 0.15) is 27.7 Å². The molecule has 0 amide bonds. The van der Waals surface area contributed by atoms with Gasteiger partial charge >= 0.3 is 0 Å². The number of rotatable bonds is 6. The molecule has 1 aromatic carbocycles. The van der Waals surface area contributed by atoms with Gasteiger partial charge in [-0.3, -0.25) is 0 Å². The van der Waals surface area contributed by atoms with E-state index in [0.29, 0.717) is 0 Å². The van der Waals surface area contributed by atoms with Crippen LogP contribution in [0.4, 0.5) is 0 Å². The van der Waals surface area contributed by atoms with Crippen molar-refractivity contribution >= 4 is 13.3 Å². The molecule has 0 aromatic heterocycles. The van der Waals surface area contributed by atoms with Crippen LogP contribution in [0.2, 0.25) is 18.6 Å². The molecule has 0 aliphatic carbocycles. The van der Waals surface area contributed by atoms with Crippen molar-refractivity contribution in [1.82, 2.24) is 0 Å². The largest absolute Gasteiger partial charge is 0.497 e. The summed E-state index contributed by atoms with van der Waals surface area (Å²) in [5, 5.41) is 1.57. The molecule has 1 nitrogen and oxygen atoms in total. The van der Waals surface area contributed by atoms with Crippen LogP contribution in [-0.4, -0.2) is 15.2 Å². The van der Waals surface area contributed by atoms with E-state index >= 15 is 0 Å². The minimum absolute atomic E-state index is 0.780. The van der Waals surface area contributed by atoms with E-state index in [2.05, 4.69) is 58.5 Å². The van der Waals surface area contributed by atoms with Crippen molar-refractivity contribution in [3.63, 3.8) is 0 Å². The number of hydrogen-bond donors (Lipinski definition) is 0. The first-order valence-electron chi connectivity index (χ1n) is 7.02. The first-order valence-corrected chi connectivity index (χ1v) is 9.93. The van der Waals surface area contributed by atoms with Gasteiger partial charge in [0.05, 0.1) is 15.2 Å². The molecule has 0 aliphatic heterocycles. The second kappa shape index (κ2) is 6.42. The highest BCUT2D eigenvalue weighted by Crippen LogP contribution is 2.25. The highest BCUT2D eigenvalue weighted by atomic mass is 28.3. The Bertz CT molecular complexity index is 344. The maximum Gasteiger partial charge on any atom is 0.118 e. The highest BCUT2D eigenvalue weighted by molar-refractivity contribution is 6.90. The van der Waals surface area contributed by atoms with Crippen LogP contribution in [0.25, 0.3) is 0 Å². The topological polar surface area (TPSA) is 9.23 Å². The van der Waals surface area contributed by atoms with E-state index in [4.69, 9.17) is 4.74 Å². The van der Waals surface area contributed by atoms with Crippen molar-refractivity contribution < 1.29 is 4.74 Å². The molecule has 0 heterocycles. The summed E-state index contributed by atoms with van der Waals surface area (Å²) in [4.78, 5) is 0. The lowest BCUT2D eigenvalue weighted by Gasteiger charge is -2.31. The zero-order valence-electron chi connectivity index (χ0n) is 12.8. The van der Waals surface area contributed by atoms with Crippen molar-refractivity contribution in [1.29, 1.82) is 0 Å². The van der Waals surface area contributed by atoms with Crippen LogP contribution in [0.5, 0.6) is 5.75 Å².